The number of halogens is 7. The standard InChI is InChI=1S/C8H3ClF6/c9-5-2-6(10)3(7(11)12)1-4(5)8(13,14)15/h1-2,7H. The predicted molar refractivity (Wildman–Crippen MR) is 41.4 cm³/mol. The normalized spacial score (nSPS) is 12.3. The molecule has 1 rings (SSSR count). The molecule has 0 saturated heterocycles. The van der Waals surface area contributed by atoms with Crippen molar-refractivity contribution in [2.24, 2.45) is 0 Å². The van der Waals surface area contributed by atoms with Crippen LogP contribution in [0.4, 0.5) is 26.3 Å². The van der Waals surface area contributed by atoms with Crippen molar-refractivity contribution in [3.8, 4) is 0 Å². The summed E-state index contributed by atoms with van der Waals surface area (Å²) < 4.78 is 73.4. The Balaban J connectivity index is 3.37. The molecule has 15 heavy (non-hydrogen) atoms. The summed E-state index contributed by atoms with van der Waals surface area (Å²) in [4.78, 5) is 0. The van der Waals surface area contributed by atoms with Gasteiger partial charge in [0.1, 0.15) is 5.82 Å². The Kier molecular flexibility index (Phi) is 3.18. The van der Waals surface area contributed by atoms with E-state index in [1.807, 2.05) is 0 Å². The molecule has 84 valence electrons. The minimum atomic E-state index is -4.88. The molecule has 0 aliphatic heterocycles. The summed E-state index contributed by atoms with van der Waals surface area (Å²) in [6.45, 7) is 0. The van der Waals surface area contributed by atoms with E-state index in [-0.39, 0.29) is 12.1 Å². The van der Waals surface area contributed by atoms with Crippen LogP contribution in [0.5, 0.6) is 0 Å². The highest BCUT2D eigenvalue weighted by atomic mass is 35.5. The zero-order valence-corrected chi connectivity index (χ0v) is 7.63. The van der Waals surface area contributed by atoms with E-state index in [0.717, 1.165) is 0 Å². The first-order valence-corrected chi connectivity index (χ1v) is 3.95. The van der Waals surface area contributed by atoms with Gasteiger partial charge in [-0.3, -0.25) is 0 Å². The SMILES string of the molecule is Fc1cc(Cl)c(C(F)(F)F)cc1C(F)F. The molecule has 0 N–H and O–H groups in total. The highest BCUT2D eigenvalue weighted by Crippen LogP contribution is 2.37. The van der Waals surface area contributed by atoms with Crippen molar-refractivity contribution in [2.75, 3.05) is 0 Å². The Morgan fingerprint density at radius 2 is 1.67 bits per heavy atom. The summed E-state index contributed by atoms with van der Waals surface area (Å²) in [7, 11) is 0. The lowest BCUT2D eigenvalue weighted by Crippen LogP contribution is -2.08. The van der Waals surface area contributed by atoms with Crippen molar-refractivity contribution in [1.29, 1.82) is 0 Å². The van der Waals surface area contributed by atoms with Gasteiger partial charge in [-0.2, -0.15) is 13.2 Å². The van der Waals surface area contributed by atoms with E-state index in [2.05, 4.69) is 0 Å². The van der Waals surface area contributed by atoms with Crippen LogP contribution in [0.25, 0.3) is 0 Å². The van der Waals surface area contributed by atoms with E-state index < -0.39 is 34.6 Å². The molecule has 0 aromatic heterocycles. The molecule has 7 heteroatoms. The van der Waals surface area contributed by atoms with E-state index in [1.165, 1.54) is 0 Å². The third-order valence-corrected chi connectivity index (χ3v) is 1.94. The maximum Gasteiger partial charge on any atom is 0.417 e. The van der Waals surface area contributed by atoms with Crippen LogP contribution in [0.15, 0.2) is 12.1 Å². The molecule has 0 nitrogen and oxygen atoms in total. The highest BCUT2D eigenvalue weighted by Gasteiger charge is 2.35. The van der Waals surface area contributed by atoms with E-state index >= 15 is 0 Å². The van der Waals surface area contributed by atoms with Gasteiger partial charge in [0.25, 0.3) is 6.43 Å². The van der Waals surface area contributed by atoms with Crippen molar-refractivity contribution >= 4 is 11.6 Å². The maximum absolute atomic E-state index is 12.7. The van der Waals surface area contributed by atoms with Crippen molar-refractivity contribution in [1.82, 2.24) is 0 Å². The highest BCUT2D eigenvalue weighted by molar-refractivity contribution is 6.31. The van der Waals surface area contributed by atoms with Crippen LogP contribution in [0.3, 0.4) is 0 Å². The van der Waals surface area contributed by atoms with Crippen molar-refractivity contribution in [3.05, 3.63) is 34.1 Å². The first-order chi connectivity index (χ1) is 6.73. The third-order valence-electron chi connectivity index (χ3n) is 1.63. The Morgan fingerprint density at radius 1 is 1.13 bits per heavy atom. The van der Waals surface area contributed by atoms with Gasteiger partial charge in [-0.1, -0.05) is 11.6 Å². The fourth-order valence-electron chi connectivity index (χ4n) is 0.950. The van der Waals surface area contributed by atoms with Crippen molar-refractivity contribution in [2.45, 2.75) is 12.6 Å². The van der Waals surface area contributed by atoms with E-state index in [9.17, 15) is 26.3 Å². The lowest BCUT2D eigenvalue weighted by Gasteiger charge is -2.11. The van der Waals surface area contributed by atoms with E-state index in [0.29, 0.717) is 0 Å². The van der Waals surface area contributed by atoms with Gasteiger partial charge in [-0.05, 0) is 12.1 Å². The van der Waals surface area contributed by atoms with E-state index in [4.69, 9.17) is 11.6 Å². The lowest BCUT2D eigenvalue weighted by molar-refractivity contribution is -0.137. The predicted octanol–water partition coefficient (Wildman–Crippen LogP) is 4.44. The van der Waals surface area contributed by atoms with Crippen LogP contribution < -0.4 is 0 Å². The van der Waals surface area contributed by atoms with Gasteiger partial charge in [-0.25, -0.2) is 13.2 Å². The molecule has 0 aliphatic carbocycles. The number of alkyl halides is 5. The Bertz CT molecular complexity index is 370. The van der Waals surface area contributed by atoms with Crippen molar-refractivity contribution in [3.63, 3.8) is 0 Å². The zero-order valence-electron chi connectivity index (χ0n) is 6.88. The number of rotatable bonds is 1. The summed E-state index contributed by atoms with van der Waals surface area (Å²) in [6.07, 6.45) is -8.20. The summed E-state index contributed by atoms with van der Waals surface area (Å²) >= 11 is 5.09. The largest absolute Gasteiger partial charge is 0.417 e. The first-order valence-electron chi connectivity index (χ1n) is 3.57. The molecule has 0 heterocycles. The van der Waals surface area contributed by atoms with Crippen LogP contribution in [-0.4, -0.2) is 0 Å². The Labute approximate surface area is 85.5 Å². The van der Waals surface area contributed by atoms with Gasteiger partial charge in [0.15, 0.2) is 0 Å². The molecule has 0 fully saturated rings. The van der Waals surface area contributed by atoms with Gasteiger partial charge in [0.2, 0.25) is 0 Å². The summed E-state index contributed by atoms with van der Waals surface area (Å²) in [5.41, 5.74) is -2.78. The molecule has 0 spiro atoms. The minimum absolute atomic E-state index is 0.0162. The number of hydrogen-bond donors (Lipinski definition) is 0. The third kappa shape index (κ3) is 2.56. The second kappa shape index (κ2) is 3.92. The molecule has 0 radical (unpaired) electrons. The van der Waals surface area contributed by atoms with Crippen LogP contribution >= 0.6 is 11.6 Å². The van der Waals surface area contributed by atoms with Crippen molar-refractivity contribution < 1.29 is 26.3 Å². The van der Waals surface area contributed by atoms with Gasteiger partial charge in [-0.15, -0.1) is 0 Å². The number of benzene rings is 1. The zero-order chi connectivity index (χ0) is 11.8. The van der Waals surface area contributed by atoms with Gasteiger partial charge < -0.3 is 0 Å². The average Bonchev–Trinajstić information content (AvgIpc) is 2.00. The van der Waals surface area contributed by atoms with Crippen LogP contribution in [0.1, 0.15) is 17.6 Å². The maximum atomic E-state index is 12.7. The van der Waals surface area contributed by atoms with E-state index in [1.54, 1.807) is 0 Å². The van der Waals surface area contributed by atoms with Gasteiger partial charge in [0, 0.05) is 0 Å². The van der Waals surface area contributed by atoms with Crippen LogP contribution in [-0.2, 0) is 6.18 Å². The average molecular weight is 249 g/mol. The molecule has 1 aromatic rings. The summed E-state index contributed by atoms with van der Waals surface area (Å²) in [6, 6.07) is 0.244. The second-order valence-electron chi connectivity index (χ2n) is 2.65. The fraction of sp³-hybridized carbons (Fsp3) is 0.250. The molecule has 0 atom stereocenters. The molecule has 0 amide bonds. The summed E-state index contributed by atoms with van der Waals surface area (Å²) in [5, 5.41) is -0.940. The molecular weight excluding hydrogens is 246 g/mol. The molecule has 1 aromatic carbocycles. The van der Waals surface area contributed by atoms with Crippen LogP contribution in [0, 0.1) is 5.82 Å². The monoisotopic (exact) mass is 248 g/mol. The second-order valence-corrected chi connectivity index (χ2v) is 3.06. The molecular formula is C8H3ClF6. The summed E-state index contributed by atoms with van der Waals surface area (Å²) in [5.74, 6) is -1.46. The topological polar surface area (TPSA) is 0 Å². The quantitative estimate of drug-likeness (QED) is 0.645. The molecule has 0 bridgehead atoms. The molecule has 0 saturated carbocycles. The molecule has 0 aliphatic rings. The lowest BCUT2D eigenvalue weighted by atomic mass is 10.1. The smallest absolute Gasteiger partial charge is 0.206 e. The van der Waals surface area contributed by atoms with Crippen LogP contribution in [0.2, 0.25) is 5.02 Å². The Hall–Kier alpha value is -0.910. The van der Waals surface area contributed by atoms with Gasteiger partial charge in [0.05, 0.1) is 16.1 Å². The first kappa shape index (κ1) is 12.2. The molecule has 0 unspecified atom stereocenters. The minimum Gasteiger partial charge on any atom is -0.206 e. The Morgan fingerprint density at radius 3 is 2.07 bits per heavy atom. The van der Waals surface area contributed by atoms with Gasteiger partial charge >= 0.3 is 6.18 Å². The number of hydrogen-bond acceptors (Lipinski definition) is 0. The fourth-order valence-corrected chi connectivity index (χ4v) is 1.21.